The summed E-state index contributed by atoms with van der Waals surface area (Å²) >= 11 is 1.58. The molecule has 414 valence electrons. The summed E-state index contributed by atoms with van der Waals surface area (Å²) in [4.78, 5) is 137. The van der Waals surface area contributed by atoms with Gasteiger partial charge in [-0.25, -0.2) is 9.59 Å². The van der Waals surface area contributed by atoms with Crippen LogP contribution in [0.4, 0.5) is 11.4 Å². The molecule has 7 N–H and O–H groups in total. The lowest BCUT2D eigenvalue weighted by Gasteiger charge is -2.31. The third-order valence-corrected chi connectivity index (χ3v) is 12.4. The van der Waals surface area contributed by atoms with Crippen LogP contribution < -0.4 is 43.0 Å². The number of nitrogens with zero attached hydrogens (tertiary/aromatic N) is 3. The Kier molecular flexibility index (Phi) is 28.6. The van der Waals surface area contributed by atoms with E-state index < -0.39 is 71.2 Å². The van der Waals surface area contributed by atoms with Crippen molar-refractivity contribution < 1.29 is 57.7 Å². The summed E-state index contributed by atoms with van der Waals surface area (Å²) in [6.07, 6.45) is 11.2. The summed E-state index contributed by atoms with van der Waals surface area (Å²) in [5.41, 5.74) is -1.23. The van der Waals surface area contributed by atoms with E-state index >= 15 is 0 Å². The number of piperidine rings is 1. The number of aromatic nitrogens is 2. The first-order valence-corrected chi connectivity index (χ1v) is 26.0. The zero-order valence-corrected chi connectivity index (χ0v) is 44.3. The van der Waals surface area contributed by atoms with Gasteiger partial charge in [0.25, 0.3) is 11.1 Å². The Morgan fingerprint density at radius 2 is 1.24 bits per heavy atom. The number of nitrogens with one attached hydrogen (secondary N) is 6. The molecule has 0 saturated carbocycles. The van der Waals surface area contributed by atoms with Crippen LogP contribution in [0.15, 0.2) is 88.1 Å². The maximum absolute atomic E-state index is 13.0. The highest BCUT2D eigenvalue weighted by molar-refractivity contribution is 7.09. The van der Waals surface area contributed by atoms with E-state index in [0.717, 1.165) is 41.9 Å². The smallest absolute Gasteiger partial charge is 0.330 e. The molecule has 4 rings (SSSR count). The number of hydrogen-bond donors (Lipinski definition) is 7. The lowest BCUT2D eigenvalue weighted by molar-refractivity contribution is -0.139. The number of esters is 2. The van der Waals surface area contributed by atoms with E-state index in [4.69, 9.17) is 14.6 Å². The van der Waals surface area contributed by atoms with Gasteiger partial charge in [-0.05, 0) is 120 Å². The van der Waals surface area contributed by atoms with Crippen molar-refractivity contribution in [2.45, 2.75) is 111 Å². The number of likely N-dealkylation sites (tertiary alicyclic amines) is 1. The van der Waals surface area contributed by atoms with Gasteiger partial charge in [0.05, 0.1) is 19.6 Å². The molecule has 1 saturated heterocycles. The zero-order valence-electron chi connectivity index (χ0n) is 43.5. The van der Waals surface area contributed by atoms with Crippen LogP contribution in [0.2, 0.25) is 0 Å². The first-order chi connectivity index (χ1) is 36.4. The number of anilines is 2. The van der Waals surface area contributed by atoms with Crippen LogP contribution in [-0.4, -0.2) is 131 Å². The lowest BCUT2D eigenvalue weighted by Crippen LogP contribution is -2.44. The van der Waals surface area contributed by atoms with Crippen molar-refractivity contribution in [2.75, 3.05) is 56.6 Å². The van der Waals surface area contributed by atoms with E-state index in [2.05, 4.69) is 43.7 Å². The van der Waals surface area contributed by atoms with Crippen molar-refractivity contribution in [1.82, 2.24) is 35.3 Å². The molecule has 4 heterocycles. The van der Waals surface area contributed by atoms with Gasteiger partial charge in [-0.15, -0.1) is 11.3 Å². The van der Waals surface area contributed by atoms with Gasteiger partial charge < -0.3 is 60.5 Å². The molecule has 3 aromatic rings. The number of carboxylic acids is 1. The molecule has 0 aliphatic carbocycles. The van der Waals surface area contributed by atoms with Gasteiger partial charge in [0, 0.05) is 55.9 Å². The predicted molar refractivity (Wildman–Crippen MR) is 284 cm³/mol. The molecule has 1 aliphatic rings. The van der Waals surface area contributed by atoms with E-state index in [-0.39, 0.29) is 75.2 Å². The Bertz CT molecular complexity index is 2590. The number of amides is 6. The summed E-state index contributed by atoms with van der Waals surface area (Å²) in [6, 6.07) is 7.74. The van der Waals surface area contributed by atoms with E-state index in [1.165, 1.54) is 60.3 Å². The maximum Gasteiger partial charge on any atom is 0.330 e. The summed E-state index contributed by atoms with van der Waals surface area (Å²) in [7, 11) is 0. The second-order valence-electron chi connectivity index (χ2n) is 17.3. The minimum absolute atomic E-state index is 0.00431. The molecule has 23 nitrogen and oxygen atoms in total. The van der Waals surface area contributed by atoms with Crippen LogP contribution in [0.1, 0.15) is 83.9 Å². The monoisotopic (exact) mass is 1080 g/mol. The third-order valence-electron chi connectivity index (χ3n) is 11.4. The van der Waals surface area contributed by atoms with E-state index in [0.29, 0.717) is 31.8 Å². The van der Waals surface area contributed by atoms with Gasteiger partial charge in [-0.3, -0.25) is 43.2 Å². The van der Waals surface area contributed by atoms with Gasteiger partial charge in [-0.1, -0.05) is 25.1 Å². The normalized spacial score (nSPS) is 13.3. The van der Waals surface area contributed by atoms with Crippen LogP contribution in [0.25, 0.3) is 0 Å². The summed E-state index contributed by atoms with van der Waals surface area (Å²) in [5, 5.41) is 26.5. The van der Waals surface area contributed by atoms with Crippen LogP contribution in [-0.2, 0) is 72.1 Å². The number of thiophene rings is 1. The molecule has 0 radical (unpaired) electrons. The Balaban J connectivity index is 0.000000401. The molecule has 0 bridgehead atoms. The molecule has 3 aromatic heterocycles. The van der Waals surface area contributed by atoms with Crippen molar-refractivity contribution in [3.8, 4) is 0 Å². The van der Waals surface area contributed by atoms with Crippen LogP contribution in [0, 0.1) is 5.92 Å². The molecule has 76 heavy (non-hydrogen) atoms. The highest BCUT2D eigenvalue weighted by Gasteiger charge is 2.24. The fourth-order valence-electron chi connectivity index (χ4n) is 7.45. The van der Waals surface area contributed by atoms with Crippen molar-refractivity contribution in [2.24, 2.45) is 5.92 Å². The molecule has 2 atom stereocenters. The number of carbonyl (C=O) groups excluding carboxylic acids is 8. The van der Waals surface area contributed by atoms with Gasteiger partial charge >= 0.3 is 17.9 Å². The van der Waals surface area contributed by atoms with Crippen molar-refractivity contribution in [1.29, 1.82) is 0 Å². The van der Waals surface area contributed by atoms with Crippen LogP contribution in [0.5, 0.6) is 0 Å². The Labute approximate surface area is 444 Å². The summed E-state index contributed by atoms with van der Waals surface area (Å²) in [5.74, 6) is -4.76. The molecular weight excluding hydrogens is 1010 g/mol. The van der Waals surface area contributed by atoms with Crippen LogP contribution >= 0.6 is 11.3 Å². The molecule has 24 heteroatoms. The number of carbonyl (C=O) groups is 9. The SMILES string of the molecule is CCOC(=O)/C=C/CC[C@H](NC(=O)CCC(=O)O)C(=O)Nc1cccn(CC(=O)NCCc2cccs2)c1=O.CCOC(=O)/C=C/CC[C@H](NC(C)=O)C(=O)Nc1cccn(CC(=O)NCC2CCN(CC)CC2)c1=O. The van der Waals surface area contributed by atoms with Gasteiger partial charge in [0.1, 0.15) is 36.5 Å². The first-order valence-electron chi connectivity index (χ1n) is 25.2. The quantitative estimate of drug-likeness (QED) is 0.0388. The molecule has 0 unspecified atom stereocenters. The number of pyridine rings is 2. The highest BCUT2D eigenvalue weighted by atomic mass is 32.1. The number of aliphatic carboxylic acids is 1. The highest BCUT2D eigenvalue weighted by Crippen LogP contribution is 2.16. The molecular formula is C52H71N9O14S. The molecule has 1 aliphatic heterocycles. The van der Waals surface area contributed by atoms with Gasteiger partial charge in [0.15, 0.2) is 0 Å². The Hall–Kier alpha value is -7.73. The number of rotatable bonds is 29. The number of ether oxygens (including phenoxy) is 2. The van der Waals surface area contributed by atoms with Gasteiger partial charge in [-0.2, -0.15) is 0 Å². The number of hydrogen-bond acceptors (Lipinski definition) is 15. The zero-order chi connectivity index (χ0) is 55.8. The topological polar surface area (TPSA) is 312 Å². The van der Waals surface area contributed by atoms with Crippen molar-refractivity contribution in [3.05, 3.63) is 104 Å². The predicted octanol–water partition coefficient (Wildman–Crippen LogP) is 2.50. The summed E-state index contributed by atoms with van der Waals surface area (Å²) in [6.45, 7) is 10.9. The minimum atomic E-state index is -1.16. The molecule has 6 amide bonds. The molecule has 0 aromatic carbocycles. The van der Waals surface area contributed by atoms with E-state index in [1.807, 2.05) is 17.5 Å². The summed E-state index contributed by atoms with van der Waals surface area (Å²) < 4.78 is 12.0. The largest absolute Gasteiger partial charge is 0.481 e. The van der Waals surface area contributed by atoms with Gasteiger partial charge in [0.2, 0.25) is 35.4 Å². The Morgan fingerprint density at radius 3 is 1.71 bits per heavy atom. The Morgan fingerprint density at radius 1 is 0.711 bits per heavy atom. The number of allylic oxidation sites excluding steroid dienone is 2. The standard InChI is InChI=1S/C26H39N5O6.C26H32N4O8S/c1-4-30-15-12-20(13-16-30)17-27-23(33)18-31-14-8-10-22(26(31)36)29-25(35)21(28-19(3)32)9-6-7-11-24(34)37-5-2;1-2-38-24(35)10-4-3-8-19(28-21(31)11-12-23(33)34)25(36)29-20-9-5-15-30(26(20)37)17-22(32)27-14-13-18-7-6-16-39-18/h7-8,10-11,14,20-21H,4-6,9,12-13,15-18H2,1-3H3,(H,27,33)(H,28,32)(H,29,35);4-7,9-10,15-16,19H,2-3,8,11-14,17H2,1H3,(H,27,32)(H,28,31)(H,29,36)(H,33,34)/b11-7+;10-4+/t21-;19-/m00/s1. The fraction of sp³-hybridized carbons (Fsp3) is 0.481. The van der Waals surface area contributed by atoms with Crippen molar-refractivity contribution >= 4 is 76.1 Å². The molecule has 0 spiro atoms. The number of carboxylic acid groups (broad SMARTS) is 1. The fourth-order valence-corrected chi connectivity index (χ4v) is 8.16. The second-order valence-corrected chi connectivity index (χ2v) is 18.3. The van der Waals surface area contributed by atoms with E-state index in [1.54, 1.807) is 37.3 Å². The third kappa shape index (κ3) is 24.5. The van der Waals surface area contributed by atoms with Crippen LogP contribution in [0.3, 0.4) is 0 Å². The first kappa shape index (κ1) is 62.6. The van der Waals surface area contributed by atoms with E-state index in [9.17, 15) is 52.7 Å². The lowest BCUT2D eigenvalue weighted by atomic mass is 9.97. The molecule has 1 fully saturated rings. The average Bonchev–Trinajstić information content (AvgIpc) is 3.91. The minimum Gasteiger partial charge on any atom is -0.481 e. The average molecular weight is 1080 g/mol. The van der Waals surface area contributed by atoms with Crippen molar-refractivity contribution in [3.63, 3.8) is 0 Å². The second kappa shape index (κ2) is 34.7. The maximum atomic E-state index is 13.0.